The van der Waals surface area contributed by atoms with Crippen LogP contribution in [0.3, 0.4) is 0 Å². The van der Waals surface area contributed by atoms with Crippen molar-refractivity contribution in [1.29, 1.82) is 0 Å². The first-order valence-corrected chi connectivity index (χ1v) is 7.09. The number of hydrogen-bond acceptors (Lipinski definition) is 3. The third-order valence-electron chi connectivity index (χ3n) is 3.43. The van der Waals surface area contributed by atoms with Crippen molar-refractivity contribution in [2.45, 2.75) is 6.61 Å². The zero-order chi connectivity index (χ0) is 17.1. The van der Waals surface area contributed by atoms with Crippen LogP contribution in [-0.4, -0.2) is 24.6 Å². The van der Waals surface area contributed by atoms with E-state index in [0.29, 0.717) is 11.4 Å². The van der Waals surface area contributed by atoms with Gasteiger partial charge in [-0.05, 0) is 30.3 Å². The van der Waals surface area contributed by atoms with Crippen molar-refractivity contribution in [1.82, 2.24) is 4.98 Å². The molecule has 0 spiro atoms. The average Bonchev–Trinajstić information content (AvgIpc) is 2.99. The summed E-state index contributed by atoms with van der Waals surface area (Å²) in [6.07, 6.45) is 0. The predicted octanol–water partition coefficient (Wildman–Crippen LogP) is 4.03. The lowest BCUT2D eigenvalue weighted by atomic mass is 10.2. The molecule has 0 aliphatic carbocycles. The van der Waals surface area contributed by atoms with Crippen LogP contribution in [0.5, 0.6) is 11.5 Å². The second-order valence-electron chi connectivity index (χ2n) is 4.96. The van der Waals surface area contributed by atoms with E-state index >= 15 is 0 Å². The molecule has 0 bridgehead atoms. The molecular formula is C17H14F2N2O3. The number of nitrogens with one attached hydrogen (secondary N) is 2. The van der Waals surface area contributed by atoms with E-state index in [1.54, 1.807) is 37.4 Å². The average molecular weight is 332 g/mol. The molecule has 3 rings (SSSR count). The molecule has 3 aromatic rings. The van der Waals surface area contributed by atoms with Gasteiger partial charge in [-0.2, -0.15) is 8.78 Å². The quantitative estimate of drug-likeness (QED) is 0.741. The molecule has 1 aromatic heterocycles. The van der Waals surface area contributed by atoms with E-state index < -0.39 is 12.5 Å². The number of aromatic nitrogens is 1. The first-order chi connectivity index (χ1) is 11.6. The van der Waals surface area contributed by atoms with E-state index in [2.05, 4.69) is 15.0 Å². The highest BCUT2D eigenvalue weighted by atomic mass is 19.3. The van der Waals surface area contributed by atoms with Crippen molar-refractivity contribution in [3.63, 3.8) is 0 Å². The summed E-state index contributed by atoms with van der Waals surface area (Å²) in [4.78, 5) is 15.3. The summed E-state index contributed by atoms with van der Waals surface area (Å²) in [6, 6.07) is 13.0. The number of alkyl halides is 2. The van der Waals surface area contributed by atoms with E-state index in [1.807, 2.05) is 6.07 Å². The number of anilines is 1. The molecular weight excluding hydrogens is 318 g/mol. The number of methoxy groups -OCH3 is 1. The molecule has 2 aromatic carbocycles. The number of hydrogen-bond donors (Lipinski definition) is 2. The van der Waals surface area contributed by atoms with Crippen LogP contribution in [0.25, 0.3) is 10.9 Å². The Morgan fingerprint density at radius 3 is 2.71 bits per heavy atom. The monoisotopic (exact) mass is 332 g/mol. The minimum Gasteiger partial charge on any atom is -0.497 e. The number of H-pyrrole nitrogens is 1. The van der Waals surface area contributed by atoms with Crippen molar-refractivity contribution in [2.75, 3.05) is 12.4 Å². The minimum atomic E-state index is -2.97. The van der Waals surface area contributed by atoms with Crippen LogP contribution in [-0.2, 0) is 0 Å². The Morgan fingerprint density at radius 2 is 1.96 bits per heavy atom. The first-order valence-electron chi connectivity index (χ1n) is 7.09. The molecule has 1 heterocycles. The summed E-state index contributed by atoms with van der Waals surface area (Å²) < 4.78 is 34.4. The van der Waals surface area contributed by atoms with Crippen molar-refractivity contribution < 1.29 is 23.0 Å². The molecule has 0 aliphatic rings. The lowest BCUT2D eigenvalue weighted by Gasteiger charge is -2.10. The number of amides is 1. The maximum atomic E-state index is 12.4. The van der Waals surface area contributed by atoms with Gasteiger partial charge in [-0.1, -0.05) is 12.1 Å². The number of para-hydroxylation sites is 2. The van der Waals surface area contributed by atoms with Crippen LogP contribution in [0.4, 0.5) is 14.5 Å². The van der Waals surface area contributed by atoms with Gasteiger partial charge in [0.25, 0.3) is 5.91 Å². The summed E-state index contributed by atoms with van der Waals surface area (Å²) in [5.74, 6) is 0.0982. The molecule has 1 amide bonds. The Labute approximate surface area is 136 Å². The van der Waals surface area contributed by atoms with Gasteiger partial charge in [0.1, 0.15) is 17.2 Å². The van der Waals surface area contributed by atoms with Gasteiger partial charge in [0.15, 0.2) is 0 Å². The lowest BCUT2D eigenvalue weighted by molar-refractivity contribution is -0.0493. The van der Waals surface area contributed by atoms with Gasteiger partial charge in [0.2, 0.25) is 0 Å². The zero-order valence-corrected chi connectivity index (χ0v) is 12.7. The van der Waals surface area contributed by atoms with Gasteiger partial charge >= 0.3 is 6.61 Å². The van der Waals surface area contributed by atoms with Gasteiger partial charge in [-0.15, -0.1) is 0 Å². The SMILES string of the molecule is COc1ccc2cc(C(=O)Nc3ccccc3OC(F)F)[nH]c2c1. The summed E-state index contributed by atoms with van der Waals surface area (Å²) in [6.45, 7) is -2.97. The van der Waals surface area contributed by atoms with Crippen LogP contribution >= 0.6 is 0 Å². The number of fused-ring (bicyclic) bond motifs is 1. The maximum absolute atomic E-state index is 12.4. The molecule has 0 saturated carbocycles. The summed E-state index contributed by atoms with van der Waals surface area (Å²) in [5.41, 5.74) is 1.20. The zero-order valence-electron chi connectivity index (χ0n) is 12.7. The van der Waals surface area contributed by atoms with Gasteiger partial charge in [-0.25, -0.2) is 0 Å². The largest absolute Gasteiger partial charge is 0.497 e. The highest BCUT2D eigenvalue weighted by Gasteiger charge is 2.14. The molecule has 124 valence electrons. The molecule has 0 unspecified atom stereocenters. The number of aromatic amines is 1. The number of ether oxygens (including phenoxy) is 2. The Hall–Kier alpha value is -3.09. The molecule has 0 fully saturated rings. The number of halogens is 2. The fourth-order valence-electron chi connectivity index (χ4n) is 2.31. The number of carbonyl (C=O) groups is 1. The molecule has 0 atom stereocenters. The minimum absolute atomic E-state index is 0.0985. The molecule has 7 heteroatoms. The molecule has 24 heavy (non-hydrogen) atoms. The van der Waals surface area contributed by atoms with Crippen molar-refractivity contribution in [2.24, 2.45) is 0 Å². The third kappa shape index (κ3) is 3.29. The third-order valence-corrected chi connectivity index (χ3v) is 3.43. The second kappa shape index (κ2) is 6.57. The number of benzene rings is 2. The fraction of sp³-hybridized carbons (Fsp3) is 0.118. The Bertz CT molecular complexity index is 877. The van der Waals surface area contributed by atoms with Crippen LogP contribution in [0.15, 0.2) is 48.5 Å². The standard InChI is InChI=1S/C17H14F2N2O3/c1-23-11-7-6-10-8-14(20-13(10)9-11)16(22)21-12-4-2-3-5-15(12)24-17(18)19/h2-9,17,20H,1H3,(H,21,22). The van der Waals surface area contributed by atoms with Crippen LogP contribution in [0.1, 0.15) is 10.5 Å². The van der Waals surface area contributed by atoms with Crippen LogP contribution < -0.4 is 14.8 Å². The van der Waals surface area contributed by atoms with Gasteiger partial charge in [0.05, 0.1) is 12.8 Å². The van der Waals surface area contributed by atoms with Crippen molar-refractivity contribution in [3.05, 3.63) is 54.2 Å². The Kier molecular flexibility index (Phi) is 4.33. The topological polar surface area (TPSA) is 63.4 Å². The predicted molar refractivity (Wildman–Crippen MR) is 85.9 cm³/mol. The smallest absolute Gasteiger partial charge is 0.387 e. The first kappa shape index (κ1) is 15.8. The van der Waals surface area contributed by atoms with Crippen LogP contribution in [0, 0.1) is 0 Å². The number of carbonyl (C=O) groups excluding carboxylic acids is 1. The fourth-order valence-corrected chi connectivity index (χ4v) is 2.31. The van der Waals surface area contributed by atoms with E-state index in [0.717, 1.165) is 10.9 Å². The van der Waals surface area contributed by atoms with E-state index in [1.165, 1.54) is 12.1 Å². The van der Waals surface area contributed by atoms with Gasteiger partial charge in [-0.3, -0.25) is 4.79 Å². The Balaban J connectivity index is 1.85. The highest BCUT2D eigenvalue weighted by molar-refractivity contribution is 6.06. The van der Waals surface area contributed by atoms with Crippen molar-refractivity contribution in [3.8, 4) is 11.5 Å². The molecule has 0 aliphatic heterocycles. The van der Waals surface area contributed by atoms with Crippen molar-refractivity contribution >= 4 is 22.5 Å². The summed E-state index contributed by atoms with van der Waals surface area (Å²) >= 11 is 0. The van der Waals surface area contributed by atoms with E-state index in [9.17, 15) is 13.6 Å². The molecule has 0 radical (unpaired) electrons. The summed E-state index contributed by atoms with van der Waals surface area (Å²) in [5, 5.41) is 3.39. The molecule has 5 nitrogen and oxygen atoms in total. The Morgan fingerprint density at radius 1 is 1.17 bits per heavy atom. The maximum Gasteiger partial charge on any atom is 0.387 e. The van der Waals surface area contributed by atoms with Crippen LogP contribution in [0.2, 0.25) is 0 Å². The number of rotatable bonds is 5. The van der Waals surface area contributed by atoms with Gasteiger partial charge < -0.3 is 19.8 Å². The van der Waals surface area contributed by atoms with E-state index in [-0.39, 0.29) is 11.4 Å². The highest BCUT2D eigenvalue weighted by Crippen LogP contribution is 2.27. The van der Waals surface area contributed by atoms with Gasteiger partial charge in [0, 0.05) is 17.0 Å². The lowest BCUT2D eigenvalue weighted by Crippen LogP contribution is -2.14. The van der Waals surface area contributed by atoms with E-state index in [4.69, 9.17) is 4.74 Å². The molecule has 2 N–H and O–H groups in total. The molecule has 0 saturated heterocycles. The second-order valence-corrected chi connectivity index (χ2v) is 4.96. The summed E-state index contributed by atoms with van der Waals surface area (Å²) in [7, 11) is 1.55. The normalized spacial score (nSPS) is 10.8.